The van der Waals surface area contributed by atoms with Gasteiger partial charge < -0.3 is 20.7 Å². The van der Waals surface area contributed by atoms with Crippen LogP contribution in [-0.4, -0.2) is 34.0 Å². The van der Waals surface area contributed by atoms with Crippen LogP contribution in [0.15, 0.2) is 42.7 Å². The van der Waals surface area contributed by atoms with E-state index in [9.17, 15) is 4.79 Å². The molecule has 0 unspecified atom stereocenters. The van der Waals surface area contributed by atoms with E-state index in [-0.39, 0.29) is 11.9 Å². The van der Waals surface area contributed by atoms with Gasteiger partial charge in [0.15, 0.2) is 5.82 Å². The van der Waals surface area contributed by atoms with Crippen LogP contribution in [0.25, 0.3) is 0 Å². The number of anilines is 3. The molecular weight excluding hydrogens is 380 g/mol. The summed E-state index contributed by atoms with van der Waals surface area (Å²) < 4.78 is 5.55. The lowest BCUT2D eigenvalue weighted by molar-refractivity contribution is -0.117. The normalized spacial score (nSPS) is 15.5. The van der Waals surface area contributed by atoms with Crippen molar-refractivity contribution in [2.75, 3.05) is 23.1 Å². The Bertz CT molecular complexity index is 1090. The first-order valence-electron chi connectivity index (χ1n) is 9.71. The predicted molar refractivity (Wildman–Crippen MR) is 115 cm³/mol. The lowest BCUT2D eigenvalue weighted by Crippen LogP contribution is -2.49. The quantitative estimate of drug-likeness (QED) is 0.673. The third kappa shape index (κ3) is 3.63. The van der Waals surface area contributed by atoms with E-state index in [4.69, 9.17) is 10.5 Å². The van der Waals surface area contributed by atoms with Crippen molar-refractivity contribution in [1.29, 1.82) is 0 Å². The molecule has 4 rings (SSSR count). The number of pyridine rings is 1. The highest BCUT2D eigenvalue weighted by Crippen LogP contribution is 2.34. The van der Waals surface area contributed by atoms with E-state index in [1.165, 1.54) is 6.20 Å². The van der Waals surface area contributed by atoms with Gasteiger partial charge in [-0.1, -0.05) is 30.3 Å². The van der Waals surface area contributed by atoms with Crippen molar-refractivity contribution >= 4 is 23.4 Å². The molecule has 30 heavy (non-hydrogen) atoms. The second-order valence-electron chi connectivity index (χ2n) is 7.33. The topological polar surface area (TPSA) is 106 Å². The zero-order chi connectivity index (χ0) is 21.3. The number of benzene rings is 1. The summed E-state index contributed by atoms with van der Waals surface area (Å²) in [5.74, 6) is 1.42. The third-order valence-corrected chi connectivity index (χ3v) is 5.34. The lowest BCUT2D eigenvalue weighted by atomic mass is 10.0. The summed E-state index contributed by atoms with van der Waals surface area (Å²) in [6.07, 6.45) is 3.85. The summed E-state index contributed by atoms with van der Waals surface area (Å²) in [5.41, 5.74) is 10.2. The van der Waals surface area contributed by atoms with Crippen LogP contribution in [0, 0.1) is 13.8 Å². The highest BCUT2D eigenvalue weighted by molar-refractivity contribution is 6.02. The molecule has 1 aromatic carbocycles. The molecule has 8 nitrogen and oxygen atoms in total. The second-order valence-corrected chi connectivity index (χ2v) is 7.33. The first-order chi connectivity index (χ1) is 14.5. The zero-order valence-electron chi connectivity index (χ0n) is 17.2. The summed E-state index contributed by atoms with van der Waals surface area (Å²) in [6, 6.07) is 9.43. The molecule has 3 N–H and O–H groups in total. The minimum atomic E-state index is -0.470. The van der Waals surface area contributed by atoms with Crippen molar-refractivity contribution in [3.63, 3.8) is 0 Å². The number of nitrogens with one attached hydrogen (secondary N) is 1. The van der Waals surface area contributed by atoms with Gasteiger partial charge in [0.1, 0.15) is 17.5 Å². The van der Waals surface area contributed by atoms with Crippen molar-refractivity contribution in [2.45, 2.75) is 32.9 Å². The largest absolute Gasteiger partial charge is 0.496 e. The Morgan fingerprint density at radius 2 is 1.93 bits per heavy atom. The molecule has 0 aliphatic carbocycles. The van der Waals surface area contributed by atoms with Crippen LogP contribution >= 0.6 is 0 Å². The number of aryl methyl sites for hydroxylation is 1. The Hall–Kier alpha value is -3.68. The van der Waals surface area contributed by atoms with Gasteiger partial charge in [-0.3, -0.25) is 9.78 Å². The van der Waals surface area contributed by atoms with Gasteiger partial charge in [-0.2, -0.15) is 4.98 Å². The number of rotatable bonds is 5. The molecule has 1 aliphatic rings. The van der Waals surface area contributed by atoms with Crippen LogP contribution in [0.1, 0.15) is 22.4 Å². The van der Waals surface area contributed by atoms with Gasteiger partial charge in [0.2, 0.25) is 11.9 Å². The van der Waals surface area contributed by atoms with Crippen molar-refractivity contribution in [1.82, 2.24) is 15.0 Å². The van der Waals surface area contributed by atoms with E-state index in [2.05, 4.69) is 20.3 Å². The molecule has 0 fully saturated rings. The molecule has 3 aromatic rings. The van der Waals surface area contributed by atoms with Crippen molar-refractivity contribution < 1.29 is 9.53 Å². The van der Waals surface area contributed by atoms with Crippen LogP contribution < -0.4 is 20.7 Å². The maximum absolute atomic E-state index is 13.0. The molecule has 0 radical (unpaired) electrons. The molecule has 1 atom stereocenters. The summed E-state index contributed by atoms with van der Waals surface area (Å²) in [7, 11) is 1.65. The number of fused-ring (bicyclic) bond motifs is 1. The number of nitrogen functional groups attached to an aromatic ring is 1. The molecule has 1 aliphatic heterocycles. The highest BCUT2D eigenvalue weighted by Gasteiger charge is 2.35. The van der Waals surface area contributed by atoms with E-state index in [0.29, 0.717) is 24.5 Å². The number of nitrogens with zero attached hydrogens (tertiary/aromatic N) is 4. The first-order valence-corrected chi connectivity index (χ1v) is 9.71. The Kier molecular flexibility index (Phi) is 5.22. The third-order valence-electron chi connectivity index (χ3n) is 5.34. The van der Waals surface area contributed by atoms with Crippen LogP contribution in [0.2, 0.25) is 0 Å². The molecule has 154 valence electrons. The molecule has 0 saturated carbocycles. The van der Waals surface area contributed by atoms with Crippen LogP contribution in [0.3, 0.4) is 0 Å². The SMILES string of the molecule is COc1c(C)cnc(CN2c3nc(N)ncc3NC(=O)[C@H]2Cc2ccccc2)c1C. The number of hydrogen-bond acceptors (Lipinski definition) is 7. The Morgan fingerprint density at radius 3 is 2.67 bits per heavy atom. The first kappa shape index (κ1) is 19.6. The number of carbonyl (C=O) groups is 1. The fraction of sp³-hybridized carbons (Fsp3) is 0.273. The van der Waals surface area contributed by atoms with Crippen molar-refractivity contribution in [3.05, 3.63) is 65.1 Å². The van der Waals surface area contributed by atoms with E-state index >= 15 is 0 Å². The summed E-state index contributed by atoms with van der Waals surface area (Å²) in [6.45, 7) is 4.31. The van der Waals surface area contributed by atoms with Crippen LogP contribution in [-0.2, 0) is 17.8 Å². The molecule has 0 spiro atoms. The Balaban J connectivity index is 1.77. The number of nitrogens with two attached hydrogens (primary N) is 1. The molecule has 1 amide bonds. The number of amides is 1. The van der Waals surface area contributed by atoms with Gasteiger partial charge in [0, 0.05) is 23.7 Å². The minimum absolute atomic E-state index is 0.114. The van der Waals surface area contributed by atoms with Gasteiger partial charge in [0.25, 0.3) is 0 Å². The van der Waals surface area contributed by atoms with Crippen molar-refractivity contribution in [2.24, 2.45) is 0 Å². The van der Waals surface area contributed by atoms with E-state index in [1.807, 2.05) is 49.1 Å². The monoisotopic (exact) mass is 404 g/mol. The molecule has 0 bridgehead atoms. The van der Waals surface area contributed by atoms with Gasteiger partial charge in [-0.15, -0.1) is 0 Å². The standard InChI is InChI=1S/C22H24N6O2/c1-13-10-24-17(14(2)19(13)30-3)12-28-18(9-15-7-5-4-6-8-15)21(29)26-16-11-25-22(23)27-20(16)28/h4-8,10-11,18H,9,12H2,1-3H3,(H,26,29)(H2,23,25,27)/t18-/m1/s1. The fourth-order valence-electron chi connectivity index (χ4n) is 3.82. The van der Waals surface area contributed by atoms with Gasteiger partial charge in [-0.25, -0.2) is 4.98 Å². The van der Waals surface area contributed by atoms with Crippen LogP contribution in [0.4, 0.5) is 17.5 Å². The highest BCUT2D eigenvalue weighted by atomic mass is 16.5. The van der Waals surface area contributed by atoms with E-state index < -0.39 is 6.04 Å². The average Bonchev–Trinajstić information content (AvgIpc) is 2.74. The Labute approximate surface area is 175 Å². The van der Waals surface area contributed by atoms with E-state index in [0.717, 1.165) is 28.1 Å². The molecule has 8 heteroatoms. The lowest BCUT2D eigenvalue weighted by Gasteiger charge is -2.37. The Morgan fingerprint density at radius 1 is 1.17 bits per heavy atom. The van der Waals surface area contributed by atoms with Crippen LogP contribution in [0.5, 0.6) is 5.75 Å². The summed E-state index contributed by atoms with van der Waals surface area (Å²) in [4.78, 5) is 28.0. The van der Waals surface area contributed by atoms with Gasteiger partial charge >= 0.3 is 0 Å². The molecule has 0 saturated heterocycles. The molecule has 3 heterocycles. The number of methoxy groups -OCH3 is 1. The van der Waals surface area contributed by atoms with Crippen molar-refractivity contribution in [3.8, 4) is 5.75 Å². The predicted octanol–water partition coefficient (Wildman–Crippen LogP) is 2.65. The van der Waals surface area contributed by atoms with E-state index in [1.54, 1.807) is 13.3 Å². The summed E-state index contributed by atoms with van der Waals surface area (Å²) in [5, 5.41) is 2.91. The number of hydrogen-bond donors (Lipinski definition) is 2. The maximum atomic E-state index is 13.0. The van der Waals surface area contributed by atoms with Gasteiger partial charge in [-0.05, 0) is 19.4 Å². The molecule has 2 aromatic heterocycles. The molecular formula is C22H24N6O2. The zero-order valence-corrected chi connectivity index (χ0v) is 17.2. The fourth-order valence-corrected chi connectivity index (χ4v) is 3.82. The number of ether oxygens (including phenoxy) is 1. The average molecular weight is 404 g/mol. The number of carbonyl (C=O) groups excluding carboxylic acids is 1. The van der Waals surface area contributed by atoms with Gasteiger partial charge in [0.05, 0.1) is 25.5 Å². The summed E-state index contributed by atoms with van der Waals surface area (Å²) >= 11 is 0. The number of aromatic nitrogens is 3. The minimum Gasteiger partial charge on any atom is -0.496 e. The maximum Gasteiger partial charge on any atom is 0.247 e. The smallest absolute Gasteiger partial charge is 0.247 e. The second kappa shape index (κ2) is 7.98.